The van der Waals surface area contributed by atoms with Gasteiger partial charge in [-0.1, -0.05) is 53.9 Å². The molecule has 4 aliphatic carbocycles. The third kappa shape index (κ3) is 3.73. The van der Waals surface area contributed by atoms with E-state index in [9.17, 15) is 5.11 Å². The summed E-state index contributed by atoms with van der Waals surface area (Å²) in [5, 5.41) is 11.4. The Hall–Kier alpha value is -0.0800. The van der Waals surface area contributed by atoms with Gasteiger partial charge in [0.1, 0.15) is 0 Å². The van der Waals surface area contributed by atoms with Crippen LogP contribution in [0.2, 0.25) is 0 Å². The van der Waals surface area contributed by atoms with E-state index < -0.39 is 0 Å². The summed E-state index contributed by atoms with van der Waals surface area (Å²) in [6, 6.07) is 0.369. The molecule has 0 aliphatic heterocycles. The fourth-order valence-corrected chi connectivity index (χ4v) is 9.28. The first kappa shape index (κ1) is 22.1. The van der Waals surface area contributed by atoms with E-state index in [4.69, 9.17) is 5.73 Å². The van der Waals surface area contributed by atoms with Gasteiger partial charge in [0, 0.05) is 6.04 Å². The third-order valence-corrected chi connectivity index (χ3v) is 10.9. The van der Waals surface area contributed by atoms with Crippen LogP contribution in [0, 0.1) is 52.3 Å². The highest BCUT2D eigenvalue weighted by molar-refractivity contribution is 5.12. The zero-order valence-electron chi connectivity index (χ0n) is 20.0. The lowest BCUT2D eigenvalue weighted by molar-refractivity contribution is -0.166. The second-order valence-corrected chi connectivity index (χ2v) is 12.9. The predicted molar refractivity (Wildman–Crippen MR) is 122 cm³/mol. The monoisotopic (exact) mass is 403 g/mol. The fourth-order valence-electron chi connectivity index (χ4n) is 9.28. The van der Waals surface area contributed by atoms with Crippen LogP contribution >= 0.6 is 0 Å². The number of hydrogen-bond donors (Lipinski definition) is 2. The molecule has 0 amide bonds. The van der Waals surface area contributed by atoms with E-state index in [1.807, 2.05) is 0 Å². The van der Waals surface area contributed by atoms with Crippen molar-refractivity contribution in [2.75, 3.05) is 0 Å². The smallest absolute Gasteiger partial charge is 0.0577 e. The number of nitrogens with two attached hydrogens (primary N) is 1. The predicted octanol–water partition coefficient (Wildman–Crippen LogP) is 6.41. The highest BCUT2D eigenvalue weighted by Gasteiger charge is 2.62. The first-order valence-corrected chi connectivity index (χ1v) is 13.1. The summed E-state index contributed by atoms with van der Waals surface area (Å²) in [6.07, 6.45) is 14.3. The molecule has 4 aliphatic rings. The van der Waals surface area contributed by atoms with Crippen LogP contribution in [0.4, 0.5) is 0 Å². The molecule has 29 heavy (non-hydrogen) atoms. The summed E-state index contributed by atoms with van der Waals surface area (Å²) in [5.41, 5.74) is 7.25. The topological polar surface area (TPSA) is 46.2 Å². The van der Waals surface area contributed by atoms with Crippen molar-refractivity contribution in [2.45, 2.75) is 117 Å². The van der Waals surface area contributed by atoms with Gasteiger partial charge >= 0.3 is 0 Å². The van der Waals surface area contributed by atoms with E-state index in [1.54, 1.807) is 0 Å². The molecule has 168 valence electrons. The van der Waals surface area contributed by atoms with Crippen molar-refractivity contribution in [1.29, 1.82) is 0 Å². The Morgan fingerprint density at radius 1 is 0.897 bits per heavy atom. The van der Waals surface area contributed by atoms with Crippen LogP contribution in [0.25, 0.3) is 0 Å². The number of fused-ring (bicyclic) bond motifs is 5. The molecule has 4 rings (SSSR count). The fraction of sp³-hybridized carbons (Fsp3) is 1.00. The maximum Gasteiger partial charge on any atom is 0.0577 e. The molecule has 0 aromatic heterocycles. The lowest BCUT2D eigenvalue weighted by Crippen LogP contribution is -2.59. The molecule has 2 heteroatoms. The minimum absolute atomic E-state index is 0.0806. The van der Waals surface area contributed by atoms with Gasteiger partial charge in [-0.05, 0) is 104 Å². The Kier molecular flexibility index (Phi) is 6.19. The minimum Gasteiger partial charge on any atom is -0.393 e. The van der Waals surface area contributed by atoms with Crippen molar-refractivity contribution < 1.29 is 5.11 Å². The van der Waals surface area contributed by atoms with Crippen LogP contribution in [0.5, 0.6) is 0 Å². The molecule has 0 heterocycles. The molecule has 4 saturated carbocycles. The van der Waals surface area contributed by atoms with Crippen LogP contribution in [0.3, 0.4) is 0 Å². The molecule has 0 saturated heterocycles. The number of aliphatic hydroxyl groups is 1. The molecule has 0 radical (unpaired) electrons. The van der Waals surface area contributed by atoms with Crippen molar-refractivity contribution in [3.63, 3.8) is 0 Å². The van der Waals surface area contributed by atoms with Gasteiger partial charge in [-0.2, -0.15) is 0 Å². The van der Waals surface area contributed by atoms with E-state index in [1.165, 1.54) is 57.8 Å². The van der Waals surface area contributed by atoms with Crippen molar-refractivity contribution in [3.05, 3.63) is 0 Å². The second-order valence-electron chi connectivity index (χ2n) is 12.9. The number of hydrogen-bond acceptors (Lipinski definition) is 2. The lowest BCUT2D eigenvalue weighted by Gasteiger charge is -2.62. The first-order valence-electron chi connectivity index (χ1n) is 13.1. The van der Waals surface area contributed by atoms with Gasteiger partial charge in [0.25, 0.3) is 0 Å². The Balaban J connectivity index is 1.50. The molecule has 4 fully saturated rings. The normalized spacial score (nSPS) is 50.7. The molecule has 3 N–H and O–H groups in total. The maximum absolute atomic E-state index is 11.4. The van der Waals surface area contributed by atoms with E-state index >= 15 is 0 Å². The Morgan fingerprint density at radius 3 is 2.31 bits per heavy atom. The van der Waals surface area contributed by atoms with Crippen LogP contribution in [-0.2, 0) is 0 Å². The summed E-state index contributed by atoms with van der Waals surface area (Å²) in [7, 11) is 0. The average molecular weight is 404 g/mol. The Labute approximate surface area is 180 Å². The largest absolute Gasteiger partial charge is 0.393 e. The highest BCUT2D eigenvalue weighted by atomic mass is 16.3. The number of rotatable bonds is 5. The van der Waals surface area contributed by atoms with Crippen molar-refractivity contribution in [2.24, 2.45) is 58.0 Å². The van der Waals surface area contributed by atoms with Gasteiger partial charge in [-0.25, -0.2) is 0 Å². The van der Waals surface area contributed by atoms with Crippen LogP contribution in [-0.4, -0.2) is 17.3 Å². The van der Waals surface area contributed by atoms with E-state index in [0.29, 0.717) is 28.7 Å². The van der Waals surface area contributed by atoms with E-state index in [2.05, 4.69) is 34.6 Å². The summed E-state index contributed by atoms with van der Waals surface area (Å²) < 4.78 is 0. The first-order chi connectivity index (χ1) is 13.7. The quantitative estimate of drug-likeness (QED) is 0.557. The van der Waals surface area contributed by atoms with Gasteiger partial charge in [-0.3, -0.25) is 0 Å². The van der Waals surface area contributed by atoms with Crippen molar-refractivity contribution in [3.8, 4) is 0 Å². The molecule has 0 bridgehead atoms. The van der Waals surface area contributed by atoms with Gasteiger partial charge in [0.2, 0.25) is 0 Å². The molecule has 5 unspecified atom stereocenters. The van der Waals surface area contributed by atoms with E-state index in [0.717, 1.165) is 42.4 Å². The maximum atomic E-state index is 11.4. The lowest BCUT2D eigenvalue weighted by atomic mass is 9.43. The zero-order valence-corrected chi connectivity index (χ0v) is 20.0. The van der Waals surface area contributed by atoms with Gasteiger partial charge in [0.05, 0.1) is 6.10 Å². The summed E-state index contributed by atoms with van der Waals surface area (Å²) in [6.45, 7) is 12.5. The van der Waals surface area contributed by atoms with E-state index in [-0.39, 0.29) is 6.10 Å². The average Bonchev–Trinajstić information content (AvgIpc) is 3.00. The molecule has 10 atom stereocenters. The summed E-state index contributed by atoms with van der Waals surface area (Å²) in [4.78, 5) is 0. The van der Waals surface area contributed by atoms with Crippen LogP contribution in [0.15, 0.2) is 0 Å². The van der Waals surface area contributed by atoms with Crippen molar-refractivity contribution >= 4 is 0 Å². The minimum atomic E-state index is -0.0806. The standard InChI is InChI=1S/C27H49NO/c1-17(2)7-6-8-18(3)21-9-10-22-25-23(12-14-27(21,22)5)26(4)13-11-20(28)15-19(26)16-24(25)29/h17-25,29H,6-16,28H2,1-5H3/t18?,19?,20-,21-,22?,23?,24-,25?,26+,27-/m1/s1. The van der Waals surface area contributed by atoms with Gasteiger partial charge in [-0.15, -0.1) is 0 Å². The molecule has 0 aromatic carbocycles. The summed E-state index contributed by atoms with van der Waals surface area (Å²) >= 11 is 0. The Bertz CT molecular complexity index is 575. The number of aliphatic hydroxyl groups excluding tert-OH is 1. The molecule has 2 nitrogen and oxygen atoms in total. The molecule has 0 spiro atoms. The van der Waals surface area contributed by atoms with Crippen LogP contribution < -0.4 is 5.73 Å². The molecular formula is C27H49NO. The molecular weight excluding hydrogens is 354 g/mol. The van der Waals surface area contributed by atoms with Crippen molar-refractivity contribution in [1.82, 2.24) is 0 Å². The summed E-state index contributed by atoms with van der Waals surface area (Å²) in [5.74, 6) is 5.24. The Morgan fingerprint density at radius 2 is 1.59 bits per heavy atom. The SMILES string of the molecule is CC(C)CCCC(C)[C@H]1CCC2C3C(CC[C@@]21C)[C@@]1(C)CC[C@@H](N)CC1C[C@H]3O. The highest BCUT2D eigenvalue weighted by Crippen LogP contribution is 2.68. The zero-order chi connectivity index (χ0) is 21.0. The molecule has 0 aromatic rings. The van der Waals surface area contributed by atoms with Crippen LogP contribution in [0.1, 0.15) is 105 Å². The van der Waals surface area contributed by atoms with Gasteiger partial charge < -0.3 is 10.8 Å². The third-order valence-electron chi connectivity index (χ3n) is 10.9. The van der Waals surface area contributed by atoms with Gasteiger partial charge in [0.15, 0.2) is 0 Å². The second kappa shape index (κ2) is 8.12.